The summed E-state index contributed by atoms with van der Waals surface area (Å²) in [6.45, 7) is 4.97. The zero-order chi connectivity index (χ0) is 29.0. The monoisotopic (exact) mass is 561 g/mol. The number of carbonyl (C=O) groups excluding carboxylic acids is 2. The maximum absolute atomic E-state index is 13.3. The number of carbonyl (C=O) groups is 2. The van der Waals surface area contributed by atoms with Gasteiger partial charge in [0.2, 0.25) is 5.95 Å². The van der Waals surface area contributed by atoms with Crippen molar-refractivity contribution >= 4 is 29.0 Å². The Bertz CT molecular complexity index is 919. The van der Waals surface area contributed by atoms with E-state index in [1.54, 1.807) is 4.90 Å². The highest BCUT2D eigenvalue weighted by atomic mass is 16.5. The lowest BCUT2D eigenvalue weighted by molar-refractivity contribution is -0.130. The number of unbranched alkanes of at least 4 members (excludes halogenated alkanes) is 14. The maximum Gasteiger partial charge on any atom is 0.277 e. The van der Waals surface area contributed by atoms with Crippen molar-refractivity contribution < 1.29 is 14.3 Å². The second-order valence-electron chi connectivity index (χ2n) is 11.2. The molecule has 9 nitrogen and oxygen atoms in total. The number of nitrogens with one attached hydrogen (secondary N) is 2. The molecule has 2 heterocycles. The molecule has 0 aromatic carbocycles. The van der Waals surface area contributed by atoms with Crippen LogP contribution in [-0.4, -0.2) is 41.0 Å². The van der Waals surface area contributed by atoms with Crippen LogP contribution in [0.1, 0.15) is 142 Å². The number of nitrogens with two attached hydrogens (primary N) is 1. The molecule has 228 valence electrons. The molecule has 1 aromatic heterocycles. The minimum Gasteiger partial charge on any atom is -0.369 e. The minimum atomic E-state index is -0.866. The highest BCUT2D eigenvalue weighted by Gasteiger charge is 2.34. The number of H-pyrrole nitrogens is 1. The summed E-state index contributed by atoms with van der Waals surface area (Å²) in [5, 5.41) is 3.02. The first-order valence-corrected chi connectivity index (χ1v) is 16.0. The molecule has 0 bridgehead atoms. The Morgan fingerprint density at radius 3 is 1.95 bits per heavy atom. The molecule has 0 saturated carbocycles. The summed E-state index contributed by atoms with van der Waals surface area (Å²) >= 11 is 0. The molecular weight excluding hydrogens is 506 g/mol. The maximum atomic E-state index is 13.3. The Morgan fingerprint density at radius 1 is 0.825 bits per heavy atom. The van der Waals surface area contributed by atoms with Gasteiger partial charge in [0, 0.05) is 19.3 Å². The summed E-state index contributed by atoms with van der Waals surface area (Å²) in [5.41, 5.74) is 5.71. The summed E-state index contributed by atoms with van der Waals surface area (Å²) in [5.74, 6) is 0.552. The molecule has 1 aromatic rings. The van der Waals surface area contributed by atoms with Crippen LogP contribution in [0.3, 0.4) is 0 Å². The first-order chi connectivity index (χ1) is 19.5. The predicted octanol–water partition coefficient (Wildman–Crippen LogP) is 6.86. The fraction of sp³-hybridized carbons (Fsp3) is 0.806. The Balaban J connectivity index is 1.79. The van der Waals surface area contributed by atoms with Gasteiger partial charge in [0.1, 0.15) is 11.5 Å². The Labute approximate surface area is 241 Å². The van der Waals surface area contributed by atoms with Crippen molar-refractivity contribution in [3.8, 4) is 0 Å². The molecule has 40 heavy (non-hydrogen) atoms. The van der Waals surface area contributed by atoms with E-state index in [9.17, 15) is 14.4 Å². The van der Waals surface area contributed by atoms with Crippen molar-refractivity contribution in [2.24, 2.45) is 0 Å². The van der Waals surface area contributed by atoms with Crippen LogP contribution in [-0.2, 0) is 14.3 Å². The number of nitrogen functional groups attached to an aromatic ring is 1. The van der Waals surface area contributed by atoms with Crippen LogP contribution in [0, 0.1) is 0 Å². The van der Waals surface area contributed by atoms with Gasteiger partial charge >= 0.3 is 0 Å². The van der Waals surface area contributed by atoms with Crippen LogP contribution in [0.5, 0.6) is 0 Å². The van der Waals surface area contributed by atoms with Crippen LogP contribution in [0.4, 0.5) is 17.5 Å². The molecule has 0 fully saturated rings. The number of Topliss-reactive ketones (excluding diaryl/α,β-unsaturated/α-hetero) is 2. The fourth-order valence-corrected chi connectivity index (χ4v) is 5.24. The molecule has 0 saturated heterocycles. The molecule has 2 rings (SSSR count). The van der Waals surface area contributed by atoms with Crippen molar-refractivity contribution in [3.05, 3.63) is 10.4 Å². The summed E-state index contributed by atoms with van der Waals surface area (Å²) in [6, 6.07) is 0. The second-order valence-corrected chi connectivity index (χ2v) is 11.2. The lowest BCUT2D eigenvalue weighted by atomic mass is 10.0. The van der Waals surface area contributed by atoms with E-state index in [1.807, 2.05) is 0 Å². The van der Waals surface area contributed by atoms with Crippen molar-refractivity contribution in [2.75, 3.05) is 29.2 Å². The third-order valence-electron chi connectivity index (χ3n) is 7.64. The number of aromatic nitrogens is 2. The van der Waals surface area contributed by atoms with Gasteiger partial charge in [0.05, 0.1) is 13.3 Å². The van der Waals surface area contributed by atoms with E-state index in [0.717, 1.165) is 32.1 Å². The van der Waals surface area contributed by atoms with Gasteiger partial charge in [-0.25, -0.2) is 0 Å². The van der Waals surface area contributed by atoms with E-state index in [-0.39, 0.29) is 29.7 Å². The van der Waals surface area contributed by atoms with Crippen LogP contribution in [0.2, 0.25) is 0 Å². The van der Waals surface area contributed by atoms with Gasteiger partial charge < -0.3 is 20.7 Å². The van der Waals surface area contributed by atoms with E-state index in [1.165, 1.54) is 70.6 Å². The molecule has 0 spiro atoms. The van der Waals surface area contributed by atoms with Crippen LogP contribution in [0.25, 0.3) is 0 Å². The van der Waals surface area contributed by atoms with E-state index < -0.39 is 6.23 Å². The third kappa shape index (κ3) is 12.8. The number of aromatic amines is 1. The molecule has 4 N–H and O–H groups in total. The number of ketones is 2. The Morgan fingerprint density at radius 2 is 1.35 bits per heavy atom. The van der Waals surface area contributed by atoms with Crippen LogP contribution in [0.15, 0.2) is 4.79 Å². The number of rotatable bonds is 25. The normalized spacial score (nSPS) is 13.3. The van der Waals surface area contributed by atoms with Crippen LogP contribution >= 0.6 is 0 Å². The van der Waals surface area contributed by atoms with Crippen molar-refractivity contribution in [1.82, 2.24) is 9.97 Å². The molecular formula is C31H55N5O4. The quantitative estimate of drug-likeness (QED) is 0.110. The highest BCUT2D eigenvalue weighted by Crippen LogP contribution is 2.29. The number of nitrogens with zero attached hydrogens (tertiary/aromatic N) is 2. The molecule has 1 atom stereocenters. The fourth-order valence-electron chi connectivity index (χ4n) is 5.24. The lowest BCUT2D eigenvalue weighted by Gasteiger charge is -2.27. The third-order valence-corrected chi connectivity index (χ3v) is 7.64. The summed E-state index contributed by atoms with van der Waals surface area (Å²) in [4.78, 5) is 46.4. The first kappa shape index (κ1) is 33.8. The van der Waals surface area contributed by atoms with Crippen molar-refractivity contribution in [1.29, 1.82) is 0 Å². The molecule has 1 unspecified atom stereocenters. The topological polar surface area (TPSA) is 130 Å². The number of anilines is 3. The molecule has 0 radical (unpaired) electrons. The van der Waals surface area contributed by atoms with Gasteiger partial charge in [0.25, 0.3) is 5.56 Å². The molecule has 0 aliphatic carbocycles. The number of hydrogen-bond donors (Lipinski definition) is 3. The first-order valence-electron chi connectivity index (χ1n) is 16.0. The predicted molar refractivity (Wildman–Crippen MR) is 164 cm³/mol. The van der Waals surface area contributed by atoms with Crippen molar-refractivity contribution in [3.63, 3.8) is 0 Å². The number of fused-ring (bicyclic) bond motifs is 1. The molecule has 1 aliphatic rings. The average molecular weight is 562 g/mol. The average Bonchev–Trinajstić information content (AvgIpc) is 3.35. The SMILES string of the molecule is CCCCCCCCCCC(=O)CCCOC(C(=O)CCCCCCCCCC)N1CNc2c1nc(N)[nH]c2=O. The second kappa shape index (κ2) is 20.5. The van der Waals surface area contributed by atoms with Gasteiger partial charge in [-0.2, -0.15) is 4.98 Å². The lowest BCUT2D eigenvalue weighted by Crippen LogP contribution is -2.44. The zero-order valence-corrected chi connectivity index (χ0v) is 25.2. The van der Waals surface area contributed by atoms with E-state index >= 15 is 0 Å². The van der Waals surface area contributed by atoms with Crippen molar-refractivity contribution in [2.45, 2.75) is 148 Å². The van der Waals surface area contributed by atoms with Gasteiger partial charge in [-0.15, -0.1) is 0 Å². The zero-order valence-electron chi connectivity index (χ0n) is 25.2. The summed E-state index contributed by atoms with van der Waals surface area (Å²) < 4.78 is 6.08. The molecule has 0 amide bonds. The number of hydrogen-bond acceptors (Lipinski definition) is 8. The Hall–Kier alpha value is -2.42. The molecule has 9 heteroatoms. The van der Waals surface area contributed by atoms with E-state index in [0.29, 0.717) is 43.8 Å². The van der Waals surface area contributed by atoms with Crippen LogP contribution < -0.4 is 21.5 Å². The molecule has 1 aliphatic heterocycles. The number of ether oxygens (including phenoxy) is 1. The Kier molecular flexibility index (Phi) is 17.3. The van der Waals surface area contributed by atoms with E-state index in [4.69, 9.17) is 10.5 Å². The highest BCUT2D eigenvalue weighted by molar-refractivity contribution is 5.88. The minimum absolute atomic E-state index is 0.00159. The van der Waals surface area contributed by atoms with Gasteiger partial charge in [-0.1, -0.05) is 104 Å². The van der Waals surface area contributed by atoms with Gasteiger partial charge in [0.15, 0.2) is 17.8 Å². The smallest absolute Gasteiger partial charge is 0.277 e. The summed E-state index contributed by atoms with van der Waals surface area (Å²) in [6.07, 6.45) is 20.1. The van der Waals surface area contributed by atoms with E-state index in [2.05, 4.69) is 29.1 Å². The standard InChI is InChI=1S/C31H55N5O4/c1-3-5-7-9-11-13-15-17-20-25(37)21-19-23-40-30(26(38)22-18-16-14-12-10-8-6-4-2)36-24-33-27-28(36)34-31(32)35-29(27)39/h30,33H,3-24H2,1-2H3,(H3,32,34,35,39). The largest absolute Gasteiger partial charge is 0.369 e. The van der Waals surface area contributed by atoms with Gasteiger partial charge in [-0.05, 0) is 19.3 Å². The van der Waals surface area contributed by atoms with Gasteiger partial charge in [-0.3, -0.25) is 19.4 Å². The summed E-state index contributed by atoms with van der Waals surface area (Å²) in [7, 11) is 0.